The van der Waals surface area contributed by atoms with E-state index in [9.17, 15) is 4.79 Å². The molecule has 0 spiro atoms. The molecule has 0 radical (unpaired) electrons. The summed E-state index contributed by atoms with van der Waals surface area (Å²) in [6, 6.07) is 4.42. The molecule has 2 rings (SSSR count). The highest BCUT2D eigenvalue weighted by Crippen LogP contribution is 2.44. The first kappa shape index (κ1) is 14.8. The van der Waals surface area contributed by atoms with Crippen LogP contribution < -0.4 is 0 Å². The second kappa shape index (κ2) is 5.08. The van der Waals surface area contributed by atoms with Gasteiger partial charge in [0.15, 0.2) is 0 Å². The summed E-state index contributed by atoms with van der Waals surface area (Å²) >= 11 is 0. The van der Waals surface area contributed by atoms with Crippen molar-refractivity contribution in [1.29, 1.82) is 0 Å². The van der Waals surface area contributed by atoms with Crippen molar-refractivity contribution in [3.05, 3.63) is 40.5 Å². The van der Waals surface area contributed by atoms with Crippen LogP contribution in [0.4, 0.5) is 0 Å². The average molecular weight is 272 g/mol. The number of carbonyl (C=O) groups is 1. The van der Waals surface area contributed by atoms with Crippen LogP contribution in [-0.2, 0) is 10.2 Å². The Bertz CT molecular complexity index is 547. The Hall–Kier alpha value is -1.57. The minimum Gasteiger partial charge on any atom is -0.478 e. The Balaban J connectivity index is 2.54. The molecule has 0 bridgehead atoms. The lowest BCUT2D eigenvalue weighted by Gasteiger charge is -2.23. The van der Waals surface area contributed by atoms with Gasteiger partial charge in [-0.3, -0.25) is 0 Å². The first-order valence-electron chi connectivity index (χ1n) is 7.26. The Morgan fingerprint density at radius 3 is 2.05 bits per heavy atom. The number of hydrogen-bond acceptors (Lipinski definition) is 1. The molecule has 2 heteroatoms. The Morgan fingerprint density at radius 2 is 1.70 bits per heavy atom. The van der Waals surface area contributed by atoms with E-state index >= 15 is 0 Å². The first-order valence-corrected chi connectivity index (χ1v) is 7.26. The second-order valence-corrected chi connectivity index (χ2v) is 6.95. The van der Waals surface area contributed by atoms with E-state index in [2.05, 4.69) is 46.8 Å². The fourth-order valence-corrected chi connectivity index (χ4v) is 2.77. The van der Waals surface area contributed by atoms with Crippen molar-refractivity contribution in [3.8, 4) is 0 Å². The predicted octanol–water partition coefficient (Wildman–Crippen LogP) is 4.48. The van der Waals surface area contributed by atoms with Gasteiger partial charge in [0.2, 0.25) is 0 Å². The van der Waals surface area contributed by atoms with Gasteiger partial charge in [-0.25, -0.2) is 4.79 Å². The zero-order valence-corrected chi connectivity index (χ0v) is 13.1. The maximum Gasteiger partial charge on any atom is 0.328 e. The molecule has 0 aliphatic heterocycles. The Morgan fingerprint density at radius 1 is 1.20 bits per heavy atom. The number of aryl methyl sites for hydroxylation is 2. The minimum atomic E-state index is -0.842. The second-order valence-electron chi connectivity index (χ2n) is 6.95. The highest BCUT2D eigenvalue weighted by molar-refractivity contribution is 5.92. The summed E-state index contributed by atoms with van der Waals surface area (Å²) in [5.41, 5.74) is 5.95. The molecule has 0 saturated heterocycles. The molecule has 108 valence electrons. The van der Waals surface area contributed by atoms with Crippen molar-refractivity contribution in [2.75, 3.05) is 0 Å². The molecule has 1 aliphatic rings. The van der Waals surface area contributed by atoms with Crippen LogP contribution >= 0.6 is 0 Å². The van der Waals surface area contributed by atoms with Crippen LogP contribution in [0, 0.1) is 19.8 Å². The van der Waals surface area contributed by atoms with Crippen molar-refractivity contribution in [2.45, 2.75) is 52.9 Å². The van der Waals surface area contributed by atoms with E-state index in [1.54, 1.807) is 0 Å². The van der Waals surface area contributed by atoms with Crippen LogP contribution in [-0.4, -0.2) is 11.1 Å². The van der Waals surface area contributed by atoms with Gasteiger partial charge in [-0.15, -0.1) is 0 Å². The quantitative estimate of drug-likeness (QED) is 0.824. The zero-order valence-electron chi connectivity index (χ0n) is 13.1. The lowest BCUT2D eigenvalue weighted by molar-refractivity contribution is -0.131. The molecule has 0 heterocycles. The van der Waals surface area contributed by atoms with E-state index in [1.165, 1.54) is 22.8 Å². The third kappa shape index (κ3) is 3.12. The van der Waals surface area contributed by atoms with Gasteiger partial charge in [-0.2, -0.15) is 0 Å². The topological polar surface area (TPSA) is 37.3 Å². The SMILES string of the molecule is Cc1cc(C(C)(C)C)cc(C)c1/C(=C/C(=O)O)C1CC1. The molecule has 1 N–H and O–H groups in total. The standard InChI is InChI=1S/C18H24O2/c1-11-8-14(18(3,4)5)9-12(2)17(11)15(10-16(19)20)13-6-7-13/h8-10,13H,6-7H2,1-5H3,(H,19,20)/b15-10+. The third-order valence-corrected chi connectivity index (χ3v) is 3.98. The Kier molecular flexibility index (Phi) is 3.77. The number of carboxylic acids is 1. The predicted molar refractivity (Wildman–Crippen MR) is 83.0 cm³/mol. The number of rotatable bonds is 3. The molecule has 0 aromatic heterocycles. The molecule has 1 fully saturated rings. The highest BCUT2D eigenvalue weighted by atomic mass is 16.4. The van der Waals surface area contributed by atoms with Crippen LogP contribution in [0.5, 0.6) is 0 Å². The van der Waals surface area contributed by atoms with Crippen LogP contribution in [0.3, 0.4) is 0 Å². The fraction of sp³-hybridized carbons (Fsp3) is 0.500. The monoisotopic (exact) mass is 272 g/mol. The summed E-state index contributed by atoms with van der Waals surface area (Å²) in [7, 11) is 0. The van der Waals surface area contributed by atoms with E-state index in [0.29, 0.717) is 5.92 Å². The van der Waals surface area contributed by atoms with Gasteiger partial charge in [-0.05, 0) is 65.8 Å². The van der Waals surface area contributed by atoms with Gasteiger partial charge in [-0.1, -0.05) is 32.9 Å². The van der Waals surface area contributed by atoms with Crippen LogP contribution in [0.15, 0.2) is 18.2 Å². The molecule has 20 heavy (non-hydrogen) atoms. The maximum atomic E-state index is 11.1. The van der Waals surface area contributed by atoms with Gasteiger partial charge < -0.3 is 5.11 Å². The molecular weight excluding hydrogens is 248 g/mol. The molecule has 0 atom stereocenters. The van der Waals surface area contributed by atoms with Crippen LogP contribution in [0.2, 0.25) is 0 Å². The summed E-state index contributed by atoms with van der Waals surface area (Å²) in [5.74, 6) is -0.408. The van der Waals surface area contributed by atoms with Gasteiger partial charge in [0, 0.05) is 6.08 Å². The van der Waals surface area contributed by atoms with E-state index in [-0.39, 0.29) is 5.41 Å². The summed E-state index contributed by atoms with van der Waals surface area (Å²) in [6.07, 6.45) is 3.63. The van der Waals surface area contributed by atoms with Gasteiger partial charge in [0.05, 0.1) is 0 Å². The van der Waals surface area contributed by atoms with Crippen molar-refractivity contribution >= 4 is 11.5 Å². The largest absolute Gasteiger partial charge is 0.478 e. The first-order chi connectivity index (χ1) is 9.20. The number of benzene rings is 1. The number of aliphatic carboxylic acids is 1. The smallest absolute Gasteiger partial charge is 0.328 e. The van der Waals surface area contributed by atoms with Crippen molar-refractivity contribution in [3.63, 3.8) is 0 Å². The molecule has 0 amide bonds. The average Bonchev–Trinajstić information content (AvgIpc) is 3.08. The molecule has 1 aromatic carbocycles. The van der Waals surface area contributed by atoms with E-state index in [0.717, 1.165) is 24.0 Å². The summed E-state index contributed by atoms with van der Waals surface area (Å²) < 4.78 is 0. The van der Waals surface area contributed by atoms with Crippen molar-refractivity contribution in [1.82, 2.24) is 0 Å². The molecule has 1 saturated carbocycles. The summed E-state index contributed by atoms with van der Waals surface area (Å²) in [5, 5.41) is 9.11. The number of carboxylic acid groups (broad SMARTS) is 1. The lowest BCUT2D eigenvalue weighted by Crippen LogP contribution is -2.12. The third-order valence-electron chi connectivity index (χ3n) is 3.98. The fourth-order valence-electron chi connectivity index (χ4n) is 2.77. The molecule has 1 aliphatic carbocycles. The van der Waals surface area contributed by atoms with Gasteiger partial charge >= 0.3 is 5.97 Å². The van der Waals surface area contributed by atoms with Gasteiger partial charge in [0.25, 0.3) is 0 Å². The summed E-state index contributed by atoms with van der Waals surface area (Å²) in [4.78, 5) is 11.1. The lowest BCUT2D eigenvalue weighted by atomic mass is 9.82. The van der Waals surface area contributed by atoms with E-state index in [1.807, 2.05) is 0 Å². The minimum absolute atomic E-state index is 0.115. The van der Waals surface area contributed by atoms with E-state index < -0.39 is 5.97 Å². The van der Waals surface area contributed by atoms with Crippen LogP contribution in [0.1, 0.15) is 55.9 Å². The number of hydrogen-bond donors (Lipinski definition) is 1. The number of allylic oxidation sites excluding steroid dienone is 1. The van der Waals surface area contributed by atoms with Crippen molar-refractivity contribution in [2.24, 2.45) is 5.92 Å². The van der Waals surface area contributed by atoms with Gasteiger partial charge in [0.1, 0.15) is 0 Å². The van der Waals surface area contributed by atoms with E-state index in [4.69, 9.17) is 5.11 Å². The normalized spacial score (nSPS) is 16.4. The molecular formula is C18H24O2. The zero-order chi connectivity index (χ0) is 15.1. The van der Waals surface area contributed by atoms with Crippen molar-refractivity contribution < 1.29 is 9.90 Å². The molecule has 0 unspecified atom stereocenters. The highest BCUT2D eigenvalue weighted by Gasteiger charge is 2.29. The van der Waals surface area contributed by atoms with Crippen LogP contribution in [0.25, 0.3) is 5.57 Å². The maximum absolute atomic E-state index is 11.1. The Labute approximate surface area is 121 Å². The summed E-state index contributed by atoms with van der Waals surface area (Å²) in [6.45, 7) is 10.8. The molecule has 1 aromatic rings. The molecule has 2 nitrogen and oxygen atoms in total.